The third-order valence-electron chi connectivity index (χ3n) is 3.67. The van der Waals surface area contributed by atoms with Gasteiger partial charge in [-0.2, -0.15) is 0 Å². The molecule has 0 saturated heterocycles. The number of ketones is 1. The van der Waals surface area contributed by atoms with E-state index in [0.29, 0.717) is 18.6 Å². The van der Waals surface area contributed by atoms with E-state index in [2.05, 4.69) is 15.9 Å². The summed E-state index contributed by atoms with van der Waals surface area (Å²) in [5.41, 5.74) is 2.07. The van der Waals surface area contributed by atoms with Crippen LogP contribution in [-0.4, -0.2) is 11.8 Å². The molecule has 4 heteroatoms. The van der Waals surface area contributed by atoms with E-state index >= 15 is 0 Å². The number of hydrogen-bond acceptors (Lipinski definition) is 3. The first-order valence-electron chi connectivity index (χ1n) is 6.37. The zero-order chi connectivity index (χ0) is 13.4. The fraction of sp³-hybridized carbons (Fsp3) is 0.333. The Bertz CT molecular complexity index is 572. The summed E-state index contributed by atoms with van der Waals surface area (Å²) in [6, 6.07) is 7.91. The normalized spacial score (nSPS) is 23.1. The van der Waals surface area contributed by atoms with E-state index in [4.69, 9.17) is 4.74 Å². The van der Waals surface area contributed by atoms with Crippen molar-refractivity contribution in [2.45, 2.75) is 31.6 Å². The van der Waals surface area contributed by atoms with E-state index in [1.54, 1.807) is 0 Å². The van der Waals surface area contributed by atoms with Crippen LogP contribution in [0.4, 0.5) is 0 Å². The largest absolute Gasteiger partial charge is 0.423 e. The predicted octanol–water partition coefficient (Wildman–Crippen LogP) is 3.49. The van der Waals surface area contributed by atoms with Gasteiger partial charge in [0.15, 0.2) is 11.5 Å². The summed E-state index contributed by atoms with van der Waals surface area (Å²) in [5.74, 6) is -0.0256. The molecular weight excluding hydrogens is 308 g/mol. The second kappa shape index (κ2) is 4.93. The minimum Gasteiger partial charge on any atom is -0.423 e. The molecule has 1 aromatic rings. The first-order chi connectivity index (χ1) is 9.15. The van der Waals surface area contributed by atoms with Crippen molar-refractivity contribution < 1.29 is 14.3 Å². The van der Waals surface area contributed by atoms with Gasteiger partial charge in [0, 0.05) is 16.8 Å². The van der Waals surface area contributed by atoms with Crippen LogP contribution in [0.5, 0.6) is 0 Å². The number of esters is 1. The number of ether oxygens (including phenoxy) is 1. The molecule has 3 rings (SSSR count). The van der Waals surface area contributed by atoms with Crippen molar-refractivity contribution in [1.29, 1.82) is 0 Å². The Morgan fingerprint density at radius 3 is 2.58 bits per heavy atom. The van der Waals surface area contributed by atoms with E-state index < -0.39 is 0 Å². The van der Waals surface area contributed by atoms with Gasteiger partial charge in [0.2, 0.25) is 0 Å². The van der Waals surface area contributed by atoms with E-state index in [1.807, 2.05) is 24.3 Å². The zero-order valence-corrected chi connectivity index (χ0v) is 11.9. The van der Waals surface area contributed by atoms with Gasteiger partial charge in [0.1, 0.15) is 0 Å². The molecule has 0 spiro atoms. The summed E-state index contributed by atoms with van der Waals surface area (Å²) in [4.78, 5) is 23.6. The maximum absolute atomic E-state index is 11.9. The van der Waals surface area contributed by atoms with Crippen molar-refractivity contribution in [3.63, 3.8) is 0 Å². The molecule has 1 aliphatic carbocycles. The van der Waals surface area contributed by atoms with E-state index in [1.165, 1.54) is 0 Å². The number of allylic oxidation sites excluding steroid dienone is 2. The number of rotatable bonds is 1. The molecule has 1 heterocycles. The second-order valence-corrected chi connectivity index (χ2v) is 5.83. The van der Waals surface area contributed by atoms with Crippen LogP contribution in [-0.2, 0) is 14.3 Å². The minimum absolute atomic E-state index is 0.00593. The Balaban J connectivity index is 2.04. The van der Waals surface area contributed by atoms with Gasteiger partial charge >= 0.3 is 5.97 Å². The standard InChI is InChI=1S/C15H13BrO3/c16-10-6-4-9(5-7-10)12-8-14(18)19-15-11(12)2-1-3-13(15)17/h4-7,12H,1-3,8H2/t12-/m1/s1. The number of carbonyl (C=O) groups is 2. The number of hydrogen-bond donors (Lipinski definition) is 0. The van der Waals surface area contributed by atoms with Gasteiger partial charge in [0.25, 0.3) is 0 Å². The summed E-state index contributed by atoms with van der Waals surface area (Å²) in [6.45, 7) is 0. The quantitative estimate of drug-likeness (QED) is 0.744. The smallest absolute Gasteiger partial charge is 0.312 e. The van der Waals surface area contributed by atoms with Gasteiger partial charge in [-0.15, -0.1) is 0 Å². The Morgan fingerprint density at radius 1 is 1.11 bits per heavy atom. The molecule has 0 N–H and O–H groups in total. The lowest BCUT2D eigenvalue weighted by Crippen LogP contribution is -2.27. The molecule has 3 nitrogen and oxygen atoms in total. The average molecular weight is 321 g/mol. The van der Waals surface area contributed by atoms with Gasteiger partial charge < -0.3 is 4.74 Å². The van der Waals surface area contributed by atoms with Crippen molar-refractivity contribution in [2.75, 3.05) is 0 Å². The van der Waals surface area contributed by atoms with Crippen LogP contribution < -0.4 is 0 Å². The molecule has 0 aromatic heterocycles. The third kappa shape index (κ3) is 2.37. The van der Waals surface area contributed by atoms with E-state index in [9.17, 15) is 9.59 Å². The van der Waals surface area contributed by atoms with Crippen molar-refractivity contribution in [1.82, 2.24) is 0 Å². The van der Waals surface area contributed by atoms with E-state index in [-0.39, 0.29) is 17.7 Å². The molecule has 0 saturated carbocycles. The van der Waals surface area contributed by atoms with Gasteiger partial charge in [-0.1, -0.05) is 28.1 Å². The number of halogens is 1. The Labute approximate surface area is 119 Å². The monoisotopic (exact) mass is 320 g/mol. The molecule has 0 radical (unpaired) electrons. The van der Waals surface area contributed by atoms with Crippen molar-refractivity contribution in [2.24, 2.45) is 0 Å². The maximum Gasteiger partial charge on any atom is 0.312 e. The fourth-order valence-corrected chi connectivity index (χ4v) is 3.02. The number of benzene rings is 1. The molecule has 0 fully saturated rings. The highest BCUT2D eigenvalue weighted by Gasteiger charge is 2.35. The molecule has 1 atom stereocenters. The summed E-state index contributed by atoms with van der Waals surface area (Å²) >= 11 is 3.40. The van der Waals surface area contributed by atoms with Crippen LogP contribution >= 0.6 is 15.9 Å². The number of Topliss-reactive ketones (excluding diaryl/α,β-unsaturated/α-hetero) is 1. The van der Waals surface area contributed by atoms with Gasteiger partial charge in [-0.05, 0) is 36.1 Å². The molecular formula is C15H13BrO3. The maximum atomic E-state index is 11.9. The Morgan fingerprint density at radius 2 is 1.84 bits per heavy atom. The highest BCUT2D eigenvalue weighted by Crippen LogP contribution is 2.40. The van der Waals surface area contributed by atoms with E-state index in [0.717, 1.165) is 28.5 Å². The summed E-state index contributed by atoms with van der Waals surface area (Å²) in [5, 5.41) is 0. The van der Waals surface area contributed by atoms with Crippen LogP contribution in [0.25, 0.3) is 0 Å². The molecule has 1 aliphatic heterocycles. The third-order valence-corrected chi connectivity index (χ3v) is 4.20. The summed E-state index contributed by atoms with van der Waals surface area (Å²) < 4.78 is 6.16. The average Bonchev–Trinajstić information content (AvgIpc) is 2.40. The molecule has 0 amide bonds. The fourth-order valence-electron chi connectivity index (χ4n) is 2.76. The van der Waals surface area contributed by atoms with Crippen molar-refractivity contribution in [3.8, 4) is 0 Å². The van der Waals surface area contributed by atoms with Crippen LogP contribution in [0.1, 0.15) is 37.2 Å². The lowest BCUT2D eigenvalue weighted by Gasteiger charge is -2.30. The Hall–Kier alpha value is -1.42. The van der Waals surface area contributed by atoms with Gasteiger partial charge in [0.05, 0.1) is 6.42 Å². The van der Waals surface area contributed by atoms with Crippen molar-refractivity contribution >= 4 is 27.7 Å². The van der Waals surface area contributed by atoms with Crippen LogP contribution in [0.2, 0.25) is 0 Å². The van der Waals surface area contributed by atoms with Crippen LogP contribution in [0.15, 0.2) is 40.1 Å². The minimum atomic E-state index is -0.304. The van der Waals surface area contributed by atoms with Crippen LogP contribution in [0.3, 0.4) is 0 Å². The molecule has 0 bridgehead atoms. The molecule has 0 unspecified atom stereocenters. The van der Waals surface area contributed by atoms with Gasteiger partial charge in [-0.3, -0.25) is 9.59 Å². The SMILES string of the molecule is O=C1C[C@H](c2ccc(Br)cc2)C2=C(O1)C(=O)CCC2. The first-order valence-corrected chi connectivity index (χ1v) is 7.17. The number of carbonyl (C=O) groups excluding carboxylic acids is 2. The van der Waals surface area contributed by atoms with Crippen molar-refractivity contribution in [3.05, 3.63) is 45.6 Å². The summed E-state index contributed by atoms with van der Waals surface area (Å²) in [6.07, 6.45) is 2.50. The lowest BCUT2D eigenvalue weighted by molar-refractivity contribution is -0.144. The van der Waals surface area contributed by atoms with Crippen LogP contribution in [0, 0.1) is 0 Å². The Kier molecular flexibility index (Phi) is 3.27. The topological polar surface area (TPSA) is 43.4 Å². The first kappa shape index (κ1) is 12.6. The highest BCUT2D eigenvalue weighted by molar-refractivity contribution is 9.10. The molecule has 1 aromatic carbocycles. The highest BCUT2D eigenvalue weighted by atomic mass is 79.9. The molecule has 2 aliphatic rings. The zero-order valence-electron chi connectivity index (χ0n) is 10.3. The lowest BCUT2D eigenvalue weighted by atomic mass is 9.80. The van der Waals surface area contributed by atoms with Gasteiger partial charge in [-0.25, -0.2) is 0 Å². The molecule has 98 valence electrons. The predicted molar refractivity (Wildman–Crippen MR) is 73.5 cm³/mol. The molecule has 19 heavy (non-hydrogen) atoms. The second-order valence-electron chi connectivity index (χ2n) is 4.91. The summed E-state index contributed by atoms with van der Waals surface area (Å²) in [7, 11) is 0.